The zero-order valence-corrected chi connectivity index (χ0v) is 10.1. The van der Waals surface area contributed by atoms with E-state index >= 15 is 0 Å². The van der Waals surface area contributed by atoms with E-state index < -0.39 is 0 Å². The highest BCUT2D eigenvalue weighted by atomic mass is 32.2. The molecule has 88 valence electrons. The standard InChI is InChI=1S/C10H16N4OS/c1-13(9-2-3-16-7-9)10(15)6-14-5-8(11)4-12-14/h4-5,9H,2-3,6-7,11H2,1H3. The van der Waals surface area contributed by atoms with Crippen LogP contribution in [0.15, 0.2) is 12.4 Å². The van der Waals surface area contributed by atoms with Gasteiger partial charge >= 0.3 is 0 Å². The number of nitrogens with zero attached hydrogens (tertiary/aromatic N) is 3. The largest absolute Gasteiger partial charge is 0.396 e. The van der Waals surface area contributed by atoms with Gasteiger partial charge in [0.05, 0.1) is 11.9 Å². The highest BCUT2D eigenvalue weighted by molar-refractivity contribution is 7.99. The number of likely N-dealkylation sites (N-methyl/N-ethyl adjacent to an activating group) is 1. The minimum atomic E-state index is 0.0931. The van der Waals surface area contributed by atoms with Crippen LogP contribution < -0.4 is 5.73 Å². The van der Waals surface area contributed by atoms with Crippen molar-refractivity contribution in [2.45, 2.75) is 19.0 Å². The van der Waals surface area contributed by atoms with Crippen LogP contribution in [-0.2, 0) is 11.3 Å². The van der Waals surface area contributed by atoms with E-state index in [0.29, 0.717) is 11.7 Å². The van der Waals surface area contributed by atoms with Gasteiger partial charge in [0.1, 0.15) is 6.54 Å². The monoisotopic (exact) mass is 240 g/mol. The summed E-state index contributed by atoms with van der Waals surface area (Å²) in [5.41, 5.74) is 6.13. The van der Waals surface area contributed by atoms with Crippen molar-refractivity contribution in [2.75, 3.05) is 24.3 Å². The van der Waals surface area contributed by atoms with E-state index in [-0.39, 0.29) is 12.5 Å². The van der Waals surface area contributed by atoms with Crippen molar-refractivity contribution in [1.82, 2.24) is 14.7 Å². The lowest BCUT2D eigenvalue weighted by Gasteiger charge is -2.23. The molecule has 2 N–H and O–H groups in total. The number of anilines is 1. The molecule has 1 aromatic rings. The molecule has 1 saturated heterocycles. The summed E-state index contributed by atoms with van der Waals surface area (Å²) < 4.78 is 1.58. The second-order valence-corrected chi connectivity index (χ2v) is 5.14. The minimum Gasteiger partial charge on any atom is -0.396 e. The molecule has 1 atom stereocenters. The molecule has 1 fully saturated rings. The van der Waals surface area contributed by atoms with Crippen LogP contribution in [0, 0.1) is 0 Å². The minimum absolute atomic E-state index is 0.0931. The van der Waals surface area contributed by atoms with E-state index in [1.807, 2.05) is 23.7 Å². The summed E-state index contributed by atoms with van der Waals surface area (Å²) in [7, 11) is 1.87. The van der Waals surface area contributed by atoms with Crippen LogP contribution in [0.3, 0.4) is 0 Å². The number of thioether (sulfide) groups is 1. The average molecular weight is 240 g/mol. The number of carbonyl (C=O) groups is 1. The first-order chi connectivity index (χ1) is 7.66. The highest BCUT2D eigenvalue weighted by Crippen LogP contribution is 2.21. The number of hydrogen-bond donors (Lipinski definition) is 1. The van der Waals surface area contributed by atoms with Crippen molar-refractivity contribution in [1.29, 1.82) is 0 Å². The third kappa shape index (κ3) is 2.49. The van der Waals surface area contributed by atoms with Crippen LogP contribution in [0.1, 0.15) is 6.42 Å². The summed E-state index contributed by atoms with van der Waals surface area (Å²) in [6.45, 7) is 0.273. The lowest BCUT2D eigenvalue weighted by molar-refractivity contribution is -0.132. The van der Waals surface area contributed by atoms with Gasteiger partial charge in [0.2, 0.25) is 5.91 Å². The van der Waals surface area contributed by atoms with Crippen LogP contribution >= 0.6 is 11.8 Å². The topological polar surface area (TPSA) is 64.2 Å². The predicted octanol–water partition coefficient (Wildman–Crippen LogP) is 0.429. The van der Waals surface area contributed by atoms with Crippen molar-refractivity contribution in [3.63, 3.8) is 0 Å². The molecule has 0 aliphatic carbocycles. The van der Waals surface area contributed by atoms with E-state index in [4.69, 9.17) is 5.73 Å². The molecular weight excluding hydrogens is 224 g/mol. The maximum Gasteiger partial charge on any atom is 0.244 e. The zero-order chi connectivity index (χ0) is 11.5. The number of rotatable bonds is 3. The first-order valence-corrected chi connectivity index (χ1v) is 6.43. The number of aromatic nitrogens is 2. The molecule has 0 saturated carbocycles. The first kappa shape index (κ1) is 11.3. The van der Waals surface area contributed by atoms with Gasteiger partial charge in [-0.3, -0.25) is 9.48 Å². The van der Waals surface area contributed by atoms with Crippen molar-refractivity contribution in [3.05, 3.63) is 12.4 Å². The molecule has 1 aromatic heterocycles. The van der Waals surface area contributed by atoms with Crippen LogP contribution in [0.5, 0.6) is 0 Å². The Labute approximate surface area is 99.0 Å². The fourth-order valence-electron chi connectivity index (χ4n) is 1.75. The second-order valence-electron chi connectivity index (χ2n) is 3.99. The van der Waals surface area contributed by atoms with Crippen LogP contribution in [-0.4, -0.2) is 45.2 Å². The summed E-state index contributed by atoms with van der Waals surface area (Å²) in [6.07, 6.45) is 4.32. The molecular formula is C10H16N4OS. The quantitative estimate of drug-likeness (QED) is 0.832. The fourth-order valence-corrected chi connectivity index (χ4v) is 3.02. The molecule has 5 nitrogen and oxygen atoms in total. The molecule has 0 spiro atoms. The second kappa shape index (κ2) is 4.78. The predicted molar refractivity (Wildman–Crippen MR) is 65.1 cm³/mol. The van der Waals surface area contributed by atoms with E-state index in [1.54, 1.807) is 17.1 Å². The summed E-state index contributed by atoms with van der Waals surface area (Å²) >= 11 is 1.90. The van der Waals surface area contributed by atoms with E-state index in [0.717, 1.165) is 17.9 Å². The zero-order valence-electron chi connectivity index (χ0n) is 9.30. The van der Waals surface area contributed by atoms with Gasteiger partial charge in [-0.05, 0) is 12.2 Å². The van der Waals surface area contributed by atoms with Gasteiger partial charge in [-0.25, -0.2) is 0 Å². The molecule has 1 aliphatic heterocycles. The molecule has 0 radical (unpaired) electrons. The van der Waals surface area contributed by atoms with Gasteiger partial charge in [0.15, 0.2) is 0 Å². The number of carbonyl (C=O) groups excluding carboxylic acids is 1. The Balaban J connectivity index is 1.92. The smallest absolute Gasteiger partial charge is 0.244 e. The van der Waals surface area contributed by atoms with E-state index in [1.165, 1.54) is 0 Å². The number of amides is 1. The molecule has 1 aliphatic rings. The number of nitrogen functional groups attached to an aromatic ring is 1. The lowest BCUT2D eigenvalue weighted by Crippen LogP contribution is -2.39. The van der Waals surface area contributed by atoms with Crippen molar-refractivity contribution >= 4 is 23.4 Å². The lowest BCUT2D eigenvalue weighted by atomic mass is 10.2. The van der Waals surface area contributed by atoms with Crippen LogP contribution in [0.2, 0.25) is 0 Å². The molecule has 0 aromatic carbocycles. The van der Waals surface area contributed by atoms with Gasteiger partial charge in [0, 0.05) is 25.0 Å². The van der Waals surface area contributed by atoms with Gasteiger partial charge in [-0.2, -0.15) is 16.9 Å². The molecule has 16 heavy (non-hydrogen) atoms. The van der Waals surface area contributed by atoms with Gasteiger partial charge in [-0.1, -0.05) is 0 Å². The normalized spacial score (nSPS) is 19.9. The fraction of sp³-hybridized carbons (Fsp3) is 0.600. The Kier molecular flexibility index (Phi) is 3.38. The third-order valence-corrected chi connectivity index (χ3v) is 3.94. The van der Waals surface area contributed by atoms with Crippen LogP contribution in [0.4, 0.5) is 5.69 Å². The van der Waals surface area contributed by atoms with Crippen molar-refractivity contribution in [3.8, 4) is 0 Å². The molecule has 6 heteroatoms. The maximum absolute atomic E-state index is 11.9. The summed E-state index contributed by atoms with van der Waals surface area (Å²) in [5.74, 6) is 2.29. The Morgan fingerprint density at radius 2 is 2.62 bits per heavy atom. The van der Waals surface area contributed by atoms with Gasteiger partial charge in [0.25, 0.3) is 0 Å². The summed E-state index contributed by atoms with van der Waals surface area (Å²) in [5, 5.41) is 4.00. The number of nitrogens with two attached hydrogens (primary N) is 1. The van der Waals surface area contributed by atoms with E-state index in [2.05, 4.69) is 5.10 Å². The first-order valence-electron chi connectivity index (χ1n) is 5.28. The molecule has 0 bridgehead atoms. The average Bonchev–Trinajstić information content (AvgIpc) is 2.88. The maximum atomic E-state index is 11.9. The molecule has 2 heterocycles. The van der Waals surface area contributed by atoms with E-state index in [9.17, 15) is 4.79 Å². The number of hydrogen-bond acceptors (Lipinski definition) is 4. The van der Waals surface area contributed by atoms with Gasteiger partial charge < -0.3 is 10.6 Å². The summed E-state index contributed by atoms with van der Waals surface area (Å²) in [4.78, 5) is 13.8. The van der Waals surface area contributed by atoms with Crippen molar-refractivity contribution < 1.29 is 4.79 Å². The Hall–Kier alpha value is -1.17. The molecule has 2 rings (SSSR count). The molecule has 1 unspecified atom stereocenters. The molecule has 1 amide bonds. The SMILES string of the molecule is CN(C(=O)Cn1cc(N)cn1)C1CCSC1. The Morgan fingerprint density at radius 1 is 1.81 bits per heavy atom. The van der Waals surface area contributed by atoms with Gasteiger partial charge in [-0.15, -0.1) is 0 Å². The Morgan fingerprint density at radius 3 is 3.19 bits per heavy atom. The Bertz CT molecular complexity index is 373. The highest BCUT2D eigenvalue weighted by Gasteiger charge is 2.23. The van der Waals surface area contributed by atoms with Crippen LogP contribution in [0.25, 0.3) is 0 Å². The third-order valence-electron chi connectivity index (χ3n) is 2.80. The summed E-state index contributed by atoms with van der Waals surface area (Å²) in [6, 6.07) is 0.380. The van der Waals surface area contributed by atoms with Crippen molar-refractivity contribution in [2.24, 2.45) is 0 Å².